The third kappa shape index (κ3) is 2.34. The first-order valence-corrected chi connectivity index (χ1v) is 8.33. The first-order chi connectivity index (χ1) is 9.15. The smallest absolute Gasteiger partial charge is 0.0795 e. The van der Waals surface area contributed by atoms with E-state index in [1.807, 2.05) is 0 Å². The summed E-state index contributed by atoms with van der Waals surface area (Å²) in [5.41, 5.74) is -0.0516. The second-order valence-corrected chi connectivity index (χ2v) is 8.03. The van der Waals surface area contributed by atoms with Crippen LogP contribution in [0.4, 0.5) is 0 Å². The van der Waals surface area contributed by atoms with Crippen LogP contribution in [0.3, 0.4) is 0 Å². The summed E-state index contributed by atoms with van der Waals surface area (Å²) in [7, 11) is 0. The lowest BCUT2D eigenvalue weighted by atomic mass is 9.53. The standard InChI is InChI=1S/C16H28N2O/c19-16(1-3-17-4-2-16)11-18-15-8-12-5-13(9-15)7-14(6-12)10-15/h12-14,17-19H,1-11H2. The van der Waals surface area contributed by atoms with Gasteiger partial charge in [0.05, 0.1) is 5.60 Å². The van der Waals surface area contributed by atoms with Gasteiger partial charge in [0, 0.05) is 12.1 Å². The predicted molar refractivity (Wildman–Crippen MR) is 76.0 cm³/mol. The van der Waals surface area contributed by atoms with E-state index < -0.39 is 5.60 Å². The van der Waals surface area contributed by atoms with E-state index in [9.17, 15) is 5.11 Å². The number of hydrogen-bond acceptors (Lipinski definition) is 3. The summed E-state index contributed by atoms with van der Waals surface area (Å²) in [4.78, 5) is 0. The molecule has 1 saturated heterocycles. The van der Waals surface area contributed by atoms with Crippen LogP contribution in [0.25, 0.3) is 0 Å². The Kier molecular flexibility index (Phi) is 2.95. The highest BCUT2D eigenvalue weighted by atomic mass is 16.3. The fourth-order valence-electron chi connectivity index (χ4n) is 5.75. The van der Waals surface area contributed by atoms with Crippen molar-refractivity contribution in [3.05, 3.63) is 0 Å². The van der Waals surface area contributed by atoms with Crippen LogP contribution in [0, 0.1) is 17.8 Å². The average molecular weight is 264 g/mol. The average Bonchev–Trinajstić information content (AvgIpc) is 2.36. The van der Waals surface area contributed by atoms with Gasteiger partial charge < -0.3 is 15.7 Å². The molecule has 1 heterocycles. The molecule has 108 valence electrons. The van der Waals surface area contributed by atoms with Crippen LogP contribution in [0.1, 0.15) is 51.4 Å². The molecule has 5 rings (SSSR count). The number of β-amino-alcohol motifs (C(OH)–C–C–N with tert-alkyl or cyclic N) is 1. The van der Waals surface area contributed by atoms with Gasteiger partial charge in [-0.05, 0) is 82.2 Å². The Morgan fingerprint density at radius 1 is 0.947 bits per heavy atom. The first kappa shape index (κ1) is 12.6. The van der Waals surface area contributed by atoms with Crippen LogP contribution in [0.15, 0.2) is 0 Å². The Morgan fingerprint density at radius 2 is 1.47 bits per heavy atom. The molecule has 4 bridgehead atoms. The highest BCUT2D eigenvalue weighted by Gasteiger charge is 2.51. The number of rotatable bonds is 3. The van der Waals surface area contributed by atoms with Crippen molar-refractivity contribution in [2.24, 2.45) is 17.8 Å². The second-order valence-electron chi connectivity index (χ2n) is 8.03. The SMILES string of the molecule is OC1(CNC23CC4CC(CC(C4)C2)C3)CCNCC1. The van der Waals surface area contributed by atoms with Gasteiger partial charge in [-0.25, -0.2) is 0 Å². The third-order valence-corrected chi connectivity index (χ3v) is 6.36. The zero-order chi connectivity index (χ0) is 12.9. The zero-order valence-electron chi connectivity index (χ0n) is 12.0. The van der Waals surface area contributed by atoms with Crippen molar-refractivity contribution in [2.75, 3.05) is 19.6 Å². The normalized spacial score (nSPS) is 47.5. The molecule has 0 radical (unpaired) electrons. The van der Waals surface area contributed by atoms with Gasteiger partial charge in [0.25, 0.3) is 0 Å². The van der Waals surface area contributed by atoms with Gasteiger partial charge in [-0.2, -0.15) is 0 Å². The minimum absolute atomic E-state index is 0.398. The van der Waals surface area contributed by atoms with Crippen molar-refractivity contribution >= 4 is 0 Å². The lowest BCUT2D eigenvalue weighted by molar-refractivity contribution is -0.0450. The van der Waals surface area contributed by atoms with Gasteiger partial charge in [0.2, 0.25) is 0 Å². The Labute approximate surface area is 116 Å². The highest BCUT2D eigenvalue weighted by Crippen LogP contribution is 2.55. The lowest BCUT2D eigenvalue weighted by Crippen LogP contribution is -2.61. The molecule has 0 atom stereocenters. The van der Waals surface area contributed by atoms with Crippen LogP contribution in [-0.2, 0) is 0 Å². The fraction of sp³-hybridized carbons (Fsp3) is 1.00. The number of hydrogen-bond donors (Lipinski definition) is 3. The van der Waals surface area contributed by atoms with Crippen LogP contribution < -0.4 is 10.6 Å². The highest BCUT2D eigenvalue weighted by molar-refractivity contribution is 5.07. The molecule has 0 aromatic rings. The molecule has 4 saturated carbocycles. The molecule has 19 heavy (non-hydrogen) atoms. The summed E-state index contributed by atoms with van der Waals surface area (Å²) in [6.07, 6.45) is 10.5. The van der Waals surface area contributed by atoms with Crippen molar-refractivity contribution in [2.45, 2.75) is 62.5 Å². The Morgan fingerprint density at radius 3 is 2.00 bits per heavy atom. The number of aliphatic hydroxyl groups is 1. The third-order valence-electron chi connectivity index (χ3n) is 6.36. The Balaban J connectivity index is 1.42. The van der Waals surface area contributed by atoms with Gasteiger partial charge >= 0.3 is 0 Å². The minimum atomic E-state index is -0.450. The Bertz CT molecular complexity index is 313. The maximum absolute atomic E-state index is 10.7. The Hall–Kier alpha value is -0.120. The van der Waals surface area contributed by atoms with Crippen molar-refractivity contribution in [3.63, 3.8) is 0 Å². The molecule has 1 aliphatic heterocycles. The quantitative estimate of drug-likeness (QED) is 0.726. The zero-order valence-corrected chi connectivity index (χ0v) is 12.0. The summed E-state index contributed by atoms with van der Waals surface area (Å²) in [6.45, 7) is 2.76. The maximum Gasteiger partial charge on any atom is 0.0795 e. The molecule has 0 spiro atoms. The van der Waals surface area contributed by atoms with Gasteiger partial charge in [0.1, 0.15) is 0 Å². The predicted octanol–water partition coefficient (Wildman–Crippen LogP) is 1.66. The molecule has 3 nitrogen and oxygen atoms in total. The van der Waals surface area contributed by atoms with Crippen LogP contribution in [-0.4, -0.2) is 35.9 Å². The van der Waals surface area contributed by atoms with E-state index in [1.54, 1.807) is 0 Å². The number of piperidine rings is 1. The molecule has 0 aromatic carbocycles. The van der Waals surface area contributed by atoms with E-state index >= 15 is 0 Å². The molecule has 0 unspecified atom stereocenters. The summed E-state index contributed by atoms with van der Waals surface area (Å²) in [5.74, 6) is 2.96. The van der Waals surface area contributed by atoms with E-state index in [0.29, 0.717) is 5.54 Å². The topological polar surface area (TPSA) is 44.3 Å². The van der Waals surface area contributed by atoms with Crippen LogP contribution in [0.2, 0.25) is 0 Å². The van der Waals surface area contributed by atoms with Crippen molar-refractivity contribution in [1.82, 2.24) is 10.6 Å². The van der Waals surface area contributed by atoms with Crippen molar-refractivity contribution < 1.29 is 5.11 Å². The molecule has 5 fully saturated rings. The summed E-state index contributed by atoms with van der Waals surface area (Å²) >= 11 is 0. The molecular formula is C16H28N2O. The van der Waals surface area contributed by atoms with Gasteiger partial charge in [-0.3, -0.25) is 0 Å². The molecule has 0 amide bonds. The molecule has 3 heteroatoms. The largest absolute Gasteiger partial charge is 0.388 e. The van der Waals surface area contributed by atoms with Gasteiger partial charge in [-0.1, -0.05) is 0 Å². The number of nitrogens with one attached hydrogen (secondary N) is 2. The van der Waals surface area contributed by atoms with E-state index in [0.717, 1.165) is 50.2 Å². The maximum atomic E-state index is 10.7. The van der Waals surface area contributed by atoms with Crippen molar-refractivity contribution in [3.8, 4) is 0 Å². The van der Waals surface area contributed by atoms with E-state index in [4.69, 9.17) is 0 Å². The van der Waals surface area contributed by atoms with Crippen LogP contribution in [0.5, 0.6) is 0 Å². The lowest BCUT2D eigenvalue weighted by Gasteiger charge is -2.57. The molecule has 0 aromatic heterocycles. The second kappa shape index (κ2) is 4.44. The summed E-state index contributed by atoms with van der Waals surface area (Å²) < 4.78 is 0. The van der Waals surface area contributed by atoms with Gasteiger partial charge in [0.15, 0.2) is 0 Å². The summed E-state index contributed by atoms with van der Waals surface area (Å²) in [5, 5.41) is 17.9. The fourth-order valence-corrected chi connectivity index (χ4v) is 5.75. The molecule has 3 N–H and O–H groups in total. The van der Waals surface area contributed by atoms with Crippen molar-refractivity contribution in [1.29, 1.82) is 0 Å². The molecule has 5 aliphatic rings. The van der Waals surface area contributed by atoms with E-state index in [2.05, 4.69) is 10.6 Å². The molecule has 4 aliphatic carbocycles. The van der Waals surface area contributed by atoms with Gasteiger partial charge in [-0.15, -0.1) is 0 Å². The van der Waals surface area contributed by atoms with Crippen LogP contribution >= 0.6 is 0 Å². The van der Waals surface area contributed by atoms with E-state index in [1.165, 1.54) is 38.5 Å². The molecular weight excluding hydrogens is 236 g/mol. The monoisotopic (exact) mass is 264 g/mol. The first-order valence-electron chi connectivity index (χ1n) is 8.33. The van der Waals surface area contributed by atoms with E-state index in [-0.39, 0.29) is 0 Å². The summed E-state index contributed by atoms with van der Waals surface area (Å²) in [6, 6.07) is 0. The minimum Gasteiger partial charge on any atom is -0.388 e.